The summed E-state index contributed by atoms with van der Waals surface area (Å²) in [6, 6.07) is 0. The molecule has 0 aliphatic carbocycles. The maximum atomic E-state index is 10.8. The van der Waals surface area contributed by atoms with Gasteiger partial charge in [0.15, 0.2) is 0 Å². The van der Waals surface area contributed by atoms with E-state index >= 15 is 0 Å². The molecule has 0 saturated heterocycles. The van der Waals surface area contributed by atoms with Crippen molar-refractivity contribution >= 4 is 11.8 Å². The van der Waals surface area contributed by atoms with Crippen LogP contribution in [0, 0.1) is 0 Å². The molecule has 0 fully saturated rings. The molecule has 1 nitrogen and oxygen atoms in total. The normalized spacial score (nSPS) is 15.3. The van der Waals surface area contributed by atoms with Crippen LogP contribution in [0.2, 0.25) is 0 Å². The number of hydrogen-bond acceptors (Lipinski definition) is 1. The summed E-state index contributed by atoms with van der Waals surface area (Å²) in [6.07, 6.45) is 2.29. The molecule has 0 aromatic heterocycles. The summed E-state index contributed by atoms with van der Waals surface area (Å²) >= 11 is 1.53. The molecule has 0 aromatic carbocycles. The van der Waals surface area contributed by atoms with E-state index in [9.17, 15) is 5.11 Å². The Morgan fingerprint density at radius 1 is 1.50 bits per heavy atom. The van der Waals surface area contributed by atoms with Crippen molar-refractivity contribution < 1.29 is 5.11 Å². The summed E-state index contributed by atoms with van der Waals surface area (Å²) in [5.41, 5.74) is -0.485. The van der Waals surface area contributed by atoms with E-state index in [0.29, 0.717) is 0 Å². The Balaban J connectivity index is 3.63. The second kappa shape index (κ2) is 4.24. The zero-order valence-corrected chi connectivity index (χ0v) is 8.12. The van der Waals surface area contributed by atoms with Gasteiger partial charge in [-0.15, -0.1) is 11.8 Å². The summed E-state index contributed by atoms with van der Waals surface area (Å²) in [5, 5.41) is 10.8. The molecule has 2 heteroatoms. The van der Waals surface area contributed by atoms with Gasteiger partial charge in [-0.2, -0.15) is 0 Å². The fourth-order valence-corrected chi connectivity index (χ4v) is 2.33. The van der Waals surface area contributed by atoms with E-state index in [1.54, 1.807) is 6.92 Å². The highest BCUT2D eigenvalue weighted by molar-refractivity contribution is 8.01. The number of hydrogen-bond donors (Lipinski definition) is 0. The van der Waals surface area contributed by atoms with Gasteiger partial charge in [0.2, 0.25) is 0 Å². The SMILES string of the molecule is CCCC(C)(C)SC(C)[O]. The second-order valence-electron chi connectivity index (χ2n) is 3.20. The molecule has 10 heavy (non-hydrogen) atoms. The third-order valence-corrected chi connectivity index (χ3v) is 2.51. The molecule has 0 rings (SSSR count). The Morgan fingerprint density at radius 3 is 2.30 bits per heavy atom. The highest BCUT2D eigenvalue weighted by atomic mass is 32.2. The van der Waals surface area contributed by atoms with Crippen molar-refractivity contribution in [3.05, 3.63) is 0 Å². The zero-order chi connectivity index (χ0) is 8.20. The third kappa shape index (κ3) is 5.12. The first-order valence-electron chi connectivity index (χ1n) is 3.81. The van der Waals surface area contributed by atoms with Crippen LogP contribution in [0.4, 0.5) is 0 Å². The minimum atomic E-state index is -0.485. The highest BCUT2D eigenvalue weighted by Gasteiger charge is 2.19. The van der Waals surface area contributed by atoms with E-state index < -0.39 is 5.44 Å². The fourth-order valence-electron chi connectivity index (χ4n) is 1.11. The van der Waals surface area contributed by atoms with Gasteiger partial charge in [0, 0.05) is 4.75 Å². The molecule has 0 heterocycles. The molecule has 0 aromatic rings. The third-order valence-electron chi connectivity index (χ3n) is 1.34. The predicted octanol–water partition coefficient (Wildman–Crippen LogP) is 3.07. The summed E-state index contributed by atoms with van der Waals surface area (Å²) in [5.74, 6) is 0. The van der Waals surface area contributed by atoms with Gasteiger partial charge in [0.05, 0.1) is 0 Å². The van der Waals surface area contributed by atoms with Crippen LogP contribution in [0.5, 0.6) is 0 Å². The van der Waals surface area contributed by atoms with Crippen molar-refractivity contribution in [2.75, 3.05) is 0 Å². The van der Waals surface area contributed by atoms with Crippen LogP contribution < -0.4 is 0 Å². The van der Waals surface area contributed by atoms with Crippen molar-refractivity contribution in [2.24, 2.45) is 0 Å². The van der Waals surface area contributed by atoms with Crippen LogP contribution in [0.1, 0.15) is 40.5 Å². The van der Waals surface area contributed by atoms with Crippen molar-refractivity contribution in [2.45, 2.75) is 50.7 Å². The van der Waals surface area contributed by atoms with Crippen LogP contribution in [0.25, 0.3) is 0 Å². The zero-order valence-electron chi connectivity index (χ0n) is 7.31. The Hall–Kier alpha value is 0.310. The highest BCUT2D eigenvalue weighted by Crippen LogP contribution is 2.31. The van der Waals surface area contributed by atoms with Gasteiger partial charge in [-0.1, -0.05) is 27.2 Å². The van der Waals surface area contributed by atoms with Crippen LogP contribution in [-0.4, -0.2) is 10.2 Å². The molecule has 0 saturated carbocycles. The molecule has 1 unspecified atom stereocenters. The number of rotatable bonds is 4. The summed E-state index contributed by atoms with van der Waals surface area (Å²) in [7, 11) is 0. The van der Waals surface area contributed by atoms with Crippen molar-refractivity contribution in [1.29, 1.82) is 0 Å². The van der Waals surface area contributed by atoms with Gasteiger partial charge in [-0.05, 0) is 13.3 Å². The molecule has 0 bridgehead atoms. The van der Waals surface area contributed by atoms with Crippen LogP contribution >= 0.6 is 11.8 Å². The van der Waals surface area contributed by atoms with Gasteiger partial charge in [-0.25, -0.2) is 5.11 Å². The van der Waals surface area contributed by atoms with Gasteiger partial charge in [0.25, 0.3) is 0 Å². The Bertz CT molecular complexity index is 89.3. The maximum absolute atomic E-state index is 10.8. The lowest BCUT2D eigenvalue weighted by molar-refractivity contribution is 0.179. The Morgan fingerprint density at radius 2 is 2.00 bits per heavy atom. The van der Waals surface area contributed by atoms with E-state index in [0.717, 1.165) is 12.8 Å². The molecule has 0 amide bonds. The Kier molecular flexibility index (Phi) is 4.37. The van der Waals surface area contributed by atoms with Gasteiger partial charge < -0.3 is 0 Å². The average Bonchev–Trinajstić information content (AvgIpc) is 1.59. The topological polar surface area (TPSA) is 19.9 Å². The standard InChI is InChI=1S/C8H17OS/c1-5-6-8(3,4)10-7(2)9/h7H,5-6H2,1-4H3. The molecule has 0 aliphatic heterocycles. The largest absolute Gasteiger partial charge is 0.222 e. The van der Waals surface area contributed by atoms with Gasteiger partial charge >= 0.3 is 0 Å². The minimum absolute atomic E-state index is 0.177. The van der Waals surface area contributed by atoms with E-state index in [2.05, 4.69) is 20.8 Å². The van der Waals surface area contributed by atoms with E-state index in [1.165, 1.54) is 11.8 Å². The lowest BCUT2D eigenvalue weighted by atomic mass is 10.1. The molecule has 1 radical (unpaired) electrons. The second-order valence-corrected chi connectivity index (χ2v) is 5.20. The summed E-state index contributed by atoms with van der Waals surface area (Å²) < 4.78 is 0.177. The molecule has 0 spiro atoms. The van der Waals surface area contributed by atoms with Crippen LogP contribution in [0.3, 0.4) is 0 Å². The van der Waals surface area contributed by atoms with Crippen molar-refractivity contribution in [3.8, 4) is 0 Å². The number of thioether (sulfide) groups is 1. The minimum Gasteiger partial charge on any atom is -0.222 e. The molecule has 0 aliphatic rings. The van der Waals surface area contributed by atoms with Crippen molar-refractivity contribution in [1.82, 2.24) is 0 Å². The molecule has 61 valence electrons. The van der Waals surface area contributed by atoms with Crippen LogP contribution in [-0.2, 0) is 5.11 Å². The summed E-state index contributed by atoms with van der Waals surface area (Å²) in [6.45, 7) is 8.13. The van der Waals surface area contributed by atoms with Crippen molar-refractivity contribution in [3.63, 3.8) is 0 Å². The van der Waals surface area contributed by atoms with Crippen LogP contribution in [0.15, 0.2) is 0 Å². The van der Waals surface area contributed by atoms with E-state index in [-0.39, 0.29) is 4.75 Å². The van der Waals surface area contributed by atoms with Gasteiger partial charge in [-0.3, -0.25) is 0 Å². The smallest absolute Gasteiger partial charge is 0.136 e. The fraction of sp³-hybridized carbons (Fsp3) is 1.00. The lowest BCUT2D eigenvalue weighted by Crippen LogP contribution is -2.17. The quantitative estimate of drug-likeness (QED) is 0.580. The van der Waals surface area contributed by atoms with E-state index in [1.807, 2.05) is 0 Å². The predicted molar refractivity (Wildman–Crippen MR) is 46.7 cm³/mol. The van der Waals surface area contributed by atoms with Gasteiger partial charge in [0.1, 0.15) is 5.44 Å². The first-order chi connectivity index (χ1) is 4.48. The van der Waals surface area contributed by atoms with E-state index in [4.69, 9.17) is 0 Å². The Labute approximate surface area is 68.2 Å². The molecule has 0 N–H and O–H groups in total. The first-order valence-corrected chi connectivity index (χ1v) is 4.69. The first kappa shape index (κ1) is 10.3. The summed E-state index contributed by atoms with van der Waals surface area (Å²) in [4.78, 5) is 0. The molecular weight excluding hydrogens is 144 g/mol. The molecule has 1 atom stereocenters. The average molecular weight is 161 g/mol. The molecular formula is C8H17OS. The monoisotopic (exact) mass is 161 g/mol. The lowest BCUT2D eigenvalue weighted by Gasteiger charge is -2.23. The maximum Gasteiger partial charge on any atom is 0.136 e.